The van der Waals surface area contributed by atoms with Gasteiger partial charge in [-0.2, -0.15) is 0 Å². The van der Waals surface area contributed by atoms with Crippen LogP contribution >= 0.6 is 0 Å². The number of carbonyl (C=O) groups is 1. The molecule has 3 aliphatic heterocycles. The van der Waals surface area contributed by atoms with Gasteiger partial charge < -0.3 is 15.4 Å². The molecule has 1 amide bonds. The second-order valence-electron chi connectivity index (χ2n) is 6.47. The van der Waals surface area contributed by atoms with Crippen molar-refractivity contribution in [3.05, 3.63) is 34.9 Å². The predicted molar refractivity (Wildman–Crippen MR) is 80.7 cm³/mol. The molecule has 1 aromatic rings. The van der Waals surface area contributed by atoms with Gasteiger partial charge in [-0.05, 0) is 41.9 Å². The Morgan fingerprint density at radius 1 is 1.10 bits per heavy atom. The van der Waals surface area contributed by atoms with Crippen LogP contribution in [0.4, 0.5) is 0 Å². The van der Waals surface area contributed by atoms with E-state index in [0.717, 1.165) is 51.3 Å². The molecule has 0 bridgehead atoms. The van der Waals surface area contributed by atoms with Crippen molar-refractivity contribution in [2.45, 2.75) is 24.7 Å². The van der Waals surface area contributed by atoms with Gasteiger partial charge in [0.15, 0.2) is 0 Å². The fourth-order valence-corrected chi connectivity index (χ4v) is 4.01. The number of benzene rings is 1. The van der Waals surface area contributed by atoms with Crippen molar-refractivity contribution >= 4 is 5.91 Å². The summed E-state index contributed by atoms with van der Waals surface area (Å²) in [6, 6.07) is 6.58. The molecule has 3 aliphatic rings. The number of carbonyl (C=O) groups excluding carboxylic acids is 1. The highest BCUT2D eigenvalue weighted by Gasteiger charge is 2.34. The van der Waals surface area contributed by atoms with E-state index in [2.05, 4.69) is 28.8 Å². The van der Waals surface area contributed by atoms with Gasteiger partial charge in [-0.15, -0.1) is 0 Å². The smallest absolute Gasteiger partial charge is 0.251 e. The summed E-state index contributed by atoms with van der Waals surface area (Å²) in [5, 5.41) is 6.56. The minimum absolute atomic E-state index is 0.105. The van der Waals surface area contributed by atoms with Gasteiger partial charge in [-0.1, -0.05) is 12.1 Å². The van der Waals surface area contributed by atoms with Crippen LogP contribution in [0.25, 0.3) is 0 Å². The van der Waals surface area contributed by atoms with Crippen LogP contribution in [-0.2, 0) is 4.74 Å². The van der Waals surface area contributed by atoms with Crippen molar-refractivity contribution in [3.63, 3.8) is 0 Å². The summed E-state index contributed by atoms with van der Waals surface area (Å²) in [5.74, 6) is 1.65. The lowest BCUT2D eigenvalue weighted by molar-refractivity contribution is 0.0853. The normalized spacial score (nSPS) is 29.4. The molecule has 2 fully saturated rings. The van der Waals surface area contributed by atoms with Crippen LogP contribution in [0.5, 0.6) is 0 Å². The molecule has 0 unspecified atom stereocenters. The maximum Gasteiger partial charge on any atom is 0.251 e. The van der Waals surface area contributed by atoms with Crippen molar-refractivity contribution in [2.75, 3.05) is 32.8 Å². The van der Waals surface area contributed by atoms with Gasteiger partial charge in [0, 0.05) is 44.3 Å². The first-order valence-electron chi connectivity index (χ1n) is 8.03. The maximum atomic E-state index is 12.4. The number of fused-ring (bicyclic) bond motifs is 3. The number of nitrogens with one attached hydrogen (secondary N) is 2. The van der Waals surface area contributed by atoms with Crippen molar-refractivity contribution in [2.24, 2.45) is 5.92 Å². The first kappa shape index (κ1) is 13.3. The third-order valence-electron chi connectivity index (χ3n) is 5.28. The van der Waals surface area contributed by atoms with Crippen molar-refractivity contribution < 1.29 is 9.53 Å². The lowest BCUT2D eigenvalue weighted by Gasteiger charge is -2.24. The minimum atomic E-state index is 0.105. The molecule has 112 valence electrons. The van der Waals surface area contributed by atoms with E-state index in [1.54, 1.807) is 0 Å². The summed E-state index contributed by atoms with van der Waals surface area (Å²) < 4.78 is 5.44. The van der Waals surface area contributed by atoms with E-state index in [1.165, 1.54) is 11.1 Å². The van der Waals surface area contributed by atoms with Gasteiger partial charge in [0.25, 0.3) is 5.91 Å². The Balaban J connectivity index is 1.70. The summed E-state index contributed by atoms with van der Waals surface area (Å²) in [6.45, 7) is 4.46. The Kier molecular flexibility index (Phi) is 3.43. The monoisotopic (exact) mass is 286 g/mol. The summed E-state index contributed by atoms with van der Waals surface area (Å²) in [6.07, 6.45) is 2.13. The molecule has 4 heteroatoms. The topological polar surface area (TPSA) is 50.4 Å². The Bertz CT molecular complexity index is 552. The largest absolute Gasteiger partial charge is 0.381 e. The average molecular weight is 286 g/mol. The van der Waals surface area contributed by atoms with Crippen LogP contribution in [0.2, 0.25) is 0 Å². The molecule has 0 saturated carbocycles. The number of amides is 1. The van der Waals surface area contributed by atoms with Crippen LogP contribution in [0, 0.1) is 5.92 Å². The van der Waals surface area contributed by atoms with Gasteiger partial charge in [-0.25, -0.2) is 0 Å². The van der Waals surface area contributed by atoms with E-state index >= 15 is 0 Å². The standard InChI is InChI=1S/C17H22N2O2/c20-17-15-7-12(11-3-5-21-6-4-11)1-2-14(15)16-10-18-8-13(16)9-19-17/h1-2,7,11,13,16,18H,3-6,8-10H2,(H,19,20)/t13-,16+/m0/s1. The van der Waals surface area contributed by atoms with E-state index in [9.17, 15) is 4.79 Å². The molecule has 3 heterocycles. The molecular weight excluding hydrogens is 264 g/mol. The Morgan fingerprint density at radius 3 is 2.81 bits per heavy atom. The van der Waals surface area contributed by atoms with Gasteiger partial charge in [0.2, 0.25) is 0 Å². The second-order valence-corrected chi connectivity index (χ2v) is 6.47. The highest BCUT2D eigenvalue weighted by Crippen LogP contribution is 2.35. The zero-order valence-corrected chi connectivity index (χ0v) is 12.2. The Labute approximate surface area is 125 Å². The van der Waals surface area contributed by atoms with Crippen LogP contribution in [0.3, 0.4) is 0 Å². The molecule has 0 aliphatic carbocycles. The molecule has 2 N–H and O–H groups in total. The highest BCUT2D eigenvalue weighted by molar-refractivity contribution is 5.96. The number of hydrogen-bond donors (Lipinski definition) is 2. The summed E-state index contributed by atoms with van der Waals surface area (Å²) in [7, 11) is 0. The molecule has 1 aromatic carbocycles. The van der Waals surface area contributed by atoms with E-state index < -0.39 is 0 Å². The summed E-state index contributed by atoms with van der Waals surface area (Å²) in [4.78, 5) is 12.4. The summed E-state index contributed by atoms with van der Waals surface area (Å²) >= 11 is 0. The third kappa shape index (κ3) is 2.36. The maximum absolute atomic E-state index is 12.4. The van der Waals surface area contributed by atoms with E-state index in [0.29, 0.717) is 17.8 Å². The number of hydrogen-bond acceptors (Lipinski definition) is 3. The van der Waals surface area contributed by atoms with Gasteiger partial charge in [0.05, 0.1) is 0 Å². The SMILES string of the molecule is O=C1NC[C@@H]2CNC[C@H]2c2ccc(C3CCOCC3)cc21. The van der Waals surface area contributed by atoms with E-state index in [-0.39, 0.29) is 5.91 Å². The molecular formula is C17H22N2O2. The predicted octanol–water partition coefficient (Wildman–Crippen LogP) is 1.63. The molecule has 4 rings (SSSR count). The lowest BCUT2D eigenvalue weighted by Crippen LogP contribution is -2.28. The Morgan fingerprint density at radius 2 is 1.95 bits per heavy atom. The first-order valence-corrected chi connectivity index (χ1v) is 8.03. The second kappa shape index (κ2) is 5.43. The van der Waals surface area contributed by atoms with E-state index in [4.69, 9.17) is 4.74 Å². The molecule has 2 atom stereocenters. The third-order valence-corrected chi connectivity index (χ3v) is 5.28. The number of ether oxygens (including phenoxy) is 1. The average Bonchev–Trinajstić information content (AvgIpc) is 2.96. The minimum Gasteiger partial charge on any atom is -0.381 e. The first-order chi connectivity index (χ1) is 10.3. The summed E-state index contributed by atoms with van der Waals surface area (Å²) in [5.41, 5.74) is 3.43. The zero-order chi connectivity index (χ0) is 14.2. The van der Waals surface area contributed by atoms with Crippen molar-refractivity contribution in [3.8, 4) is 0 Å². The lowest BCUT2D eigenvalue weighted by atomic mass is 9.84. The molecule has 0 spiro atoms. The van der Waals surface area contributed by atoms with E-state index in [1.807, 2.05) is 0 Å². The number of rotatable bonds is 1. The van der Waals surface area contributed by atoms with Crippen LogP contribution in [-0.4, -0.2) is 38.8 Å². The van der Waals surface area contributed by atoms with Crippen molar-refractivity contribution in [1.82, 2.24) is 10.6 Å². The fourth-order valence-electron chi connectivity index (χ4n) is 4.01. The molecule has 0 radical (unpaired) electrons. The Hall–Kier alpha value is -1.39. The molecule has 21 heavy (non-hydrogen) atoms. The van der Waals surface area contributed by atoms with Crippen LogP contribution in [0.15, 0.2) is 18.2 Å². The van der Waals surface area contributed by atoms with Crippen LogP contribution < -0.4 is 10.6 Å². The molecule has 4 nitrogen and oxygen atoms in total. The van der Waals surface area contributed by atoms with Crippen LogP contribution in [0.1, 0.15) is 46.2 Å². The fraction of sp³-hybridized carbons (Fsp3) is 0.588. The quantitative estimate of drug-likeness (QED) is 0.825. The van der Waals surface area contributed by atoms with Gasteiger partial charge in [0.1, 0.15) is 0 Å². The molecule has 0 aromatic heterocycles. The van der Waals surface area contributed by atoms with Gasteiger partial charge >= 0.3 is 0 Å². The van der Waals surface area contributed by atoms with Crippen molar-refractivity contribution in [1.29, 1.82) is 0 Å². The zero-order valence-electron chi connectivity index (χ0n) is 12.2. The van der Waals surface area contributed by atoms with Gasteiger partial charge in [-0.3, -0.25) is 4.79 Å². The highest BCUT2D eigenvalue weighted by atomic mass is 16.5. The molecule has 2 saturated heterocycles.